The summed E-state index contributed by atoms with van der Waals surface area (Å²) in [6, 6.07) is 6.81. The second-order valence-corrected chi connectivity index (χ2v) is 14.7. The Hall–Kier alpha value is -2.59. The molecule has 15 heteroatoms. The molecule has 13 nitrogen and oxygen atoms in total. The van der Waals surface area contributed by atoms with Gasteiger partial charge >= 0.3 is 5.69 Å². The van der Waals surface area contributed by atoms with E-state index in [-0.39, 0.29) is 54.6 Å². The van der Waals surface area contributed by atoms with Crippen LogP contribution in [0.3, 0.4) is 0 Å². The maximum Gasteiger partial charge on any atom is 0.332 e. The van der Waals surface area contributed by atoms with Crippen molar-refractivity contribution in [1.82, 2.24) is 23.0 Å². The fourth-order valence-corrected chi connectivity index (χ4v) is 8.13. The first-order chi connectivity index (χ1) is 22.7. The van der Waals surface area contributed by atoms with E-state index in [1.807, 2.05) is 0 Å². The number of aromatic nitrogens is 4. The van der Waals surface area contributed by atoms with E-state index in [4.69, 9.17) is 30.5 Å². The van der Waals surface area contributed by atoms with Gasteiger partial charge in [-0.2, -0.15) is 9.29 Å². The summed E-state index contributed by atoms with van der Waals surface area (Å²) < 4.78 is 57.1. The molecule has 4 heterocycles. The van der Waals surface area contributed by atoms with Crippen LogP contribution in [0.2, 0.25) is 5.02 Å². The van der Waals surface area contributed by atoms with E-state index < -0.39 is 21.3 Å². The lowest BCUT2D eigenvalue weighted by molar-refractivity contribution is -0.163. The number of ether oxygens (including phenoxy) is 4. The Labute approximate surface area is 279 Å². The summed E-state index contributed by atoms with van der Waals surface area (Å²) in [4.78, 5) is 32.0. The van der Waals surface area contributed by atoms with Crippen LogP contribution in [0.1, 0.15) is 69.8 Å². The van der Waals surface area contributed by atoms with Crippen LogP contribution < -0.4 is 11.2 Å². The molecule has 1 aromatic carbocycles. The third-order valence-corrected chi connectivity index (χ3v) is 11.0. The Kier molecular flexibility index (Phi) is 11.2. The number of imidazole rings is 1. The van der Waals surface area contributed by atoms with E-state index in [1.165, 1.54) is 20.5 Å². The highest BCUT2D eigenvalue weighted by atomic mass is 35.5. The van der Waals surface area contributed by atoms with Crippen LogP contribution in [-0.2, 0) is 49.1 Å². The molecule has 3 aliphatic rings. The minimum absolute atomic E-state index is 0.0178. The highest BCUT2D eigenvalue weighted by Crippen LogP contribution is 2.33. The summed E-state index contributed by atoms with van der Waals surface area (Å²) in [5.74, 6) is 0. The number of sulfonamides is 1. The number of nitrogens with zero attached hydrogens (tertiary/aromatic N) is 5. The van der Waals surface area contributed by atoms with Gasteiger partial charge in [-0.15, -0.1) is 0 Å². The zero-order valence-electron chi connectivity index (χ0n) is 26.9. The van der Waals surface area contributed by atoms with Crippen molar-refractivity contribution in [3.8, 4) is 0 Å². The van der Waals surface area contributed by atoms with Crippen molar-refractivity contribution in [2.24, 2.45) is 7.05 Å². The molecule has 3 aromatic rings. The highest BCUT2D eigenvalue weighted by Gasteiger charge is 2.41. The lowest BCUT2D eigenvalue weighted by atomic mass is 10.2. The van der Waals surface area contributed by atoms with E-state index in [2.05, 4.69) is 4.98 Å². The van der Waals surface area contributed by atoms with Gasteiger partial charge in [0, 0.05) is 44.4 Å². The molecule has 258 valence electrons. The van der Waals surface area contributed by atoms with E-state index in [0.29, 0.717) is 44.3 Å². The number of benzene rings is 1. The maximum absolute atomic E-state index is 14.4. The molecule has 0 amide bonds. The molecular formula is C32H44ClN5O8S. The Morgan fingerprint density at radius 2 is 1.55 bits per heavy atom. The number of hydrogen-bond acceptors (Lipinski definition) is 9. The minimum atomic E-state index is -4.18. The number of halogens is 1. The molecule has 0 bridgehead atoms. The fraction of sp³-hybridized carbons (Fsp3) is 0.656. The van der Waals surface area contributed by atoms with Crippen molar-refractivity contribution in [3.63, 3.8) is 0 Å². The van der Waals surface area contributed by atoms with Crippen molar-refractivity contribution in [3.05, 3.63) is 55.7 Å². The Bertz CT molecular complexity index is 1740. The van der Waals surface area contributed by atoms with E-state index in [0.717, 1.165) is 61.5 Å². The van der Waals surface area contributed by atoms with Gasteiger partial charge in [0.15, 0.2) is 23.7 Å². The Morgan fingerprint density at radius 3 is 2.15 bits per heavy atom. The largest absolute Gasteiger partial charge is 0.353 e. The zero-order valence-corrected chi connectivity index (χ0v) is 28.4. The first-order valence-electron chi connectivity index (χ1n) is 16.7. The summed E-state index contributed by atoms with van der Waals surface area (Å²) >= 11 is 6.13. The monoisotopic (exact) mass is 693 g/mol. The van der Waals surface area contributed by atoms with Crippen LogP contribution in [0.4, 0.5) is 0 Å². The van der Waals surface area contributed by atoms with Crippen LogP contribution in [-0.4, -0.2) is 83.0 Å². The highest BCUT2D eigenvalue weighted by molar-refractivity contribution is 7.89. The SMILES string of the molecule is Cn1c(=O)n(CCCOC2CCCCO2)c(=O)c2c1nc(S(=O)(=O)N(CCCOC1CCCCO1)C1CC1)n2Cc1ccc(Cl)cc1. The predicted molar refractivity (Wildman–Crippen MR) is 175 cm³/mol. The quantitative estimate of drug-likeness (QED) is 0.219. The summed E-state index contributed by atoms with van der Waals surface area (Å²) in [5.41, 5.74) is -0.379. The second kappa shape index (κ2) is 15.3. The normalized spacial score (nSPS) is 20.7. The molecule has 2 unspecified atom stereocenters. The summed E-state index contributed by atoms with van der Waals surface area (Å²) in [6.45, 7) is 2.38. The fourth-order valence-electron chi connectivity index (χ4n) is 6.19. The van der Waals surface area contributed by atoms with Crippen molar-refractivity contribution in [2.75, 3.05) is 33.0 Å². The van der Waals surface area contributed by atoms with Crippen LogP contribution in [0.15, 0.2) is 39.0 Å². The molecule has 3 fully saturated rings. The smallest absolute Gasteiger partial charge is 0.332 e. The van der Waals surface area contributed by atoms with Crippen molar-refractivity contribution >= 4 is 32.8 Å². The predicted octanol–water partition coefficient (Wildman–Crippen LogP) is 3.62. The van der Waals surface area contributed by atoms with E-state index >= 15 is 0 Å². The second-order valence-electron chi connectivity index (χ2n) is 12.5. The molecular weight excluding hydrogens is 650 g/mol. The third-order valence-electron chi connectivity index (χ3n) is 8.88. The van der Waals surface area contributed by atoms with Crippen molar-refractivity contribution < 1.29 is 27.4 Å². The molecule has 2 aliphatic heterocycles. The van der Waals surface area contributed by atoms with E-state index in [9.17, 15) is 18.0 Å². The number of hydrogen-bond donors (Lipinski definition) is 0. The lowest BCUT2D eigenvalue weighted by Crippen LogP contribution is -2.40. The van der Waals surface area contributed by atoms with Crippen LogP contribution in [0.5, 0.6) is 0 Å². The first-order valence-corrected chi connectivity index (χ1v) is 18.5. The molecule has 0 spiro atoms. The number of rotatable bonds is 15. The summed E-state index contributed by atoms with van der Waals surface area (Å²) in [5, 5.41) is 0.261. The van der Waals surface area contributed by atoms with Gasteiger partial charge in [0.2, 0.25) is 5.16 Å². The van der Waals surface area contributed by atoms with Crippen LogP contribution >= 0.6 is 11.6 Å². The van der Waals surface area contributed by atoms with Gasteiger partial charge in [0.1, 0.15) is 0 Å². The average molecular weight is 694 g/mol. The van der Waals surface area contributed by atoms with Gasteiger partial charge in [-0.3, -0.25) is 13.9 Å². The van der Waals surface area contributed by atoms with Gasteiger partial charge in [0.25, 0.3) is 15.6 Å². The third kappa shape index (κ3) is 8.01. The number of fused-ring (bicyclic) bond motifs is 1. The Balaban J connectivity index is 1.31. The van der Waals surface area contributed by atoms with Gasteiger partial charge < -0.3 is 23.5 Å². The van der Waals surface area contributed by atoms with Crippen molar-refractivity contribution in [1.29, 1.82) is 0 Å². The average Bonchev–Trinajstić information content (AvgIpc) is 3.84. The molecule has 0 N–H and O–H groups in total. The Morgan fingerprint density at radius 1 is 0.915 bits per heavy atom. The molecule has 6 rings (SSSR count). The number of aryl methyl sites for hydroxylation is 1. The summed E-state index contributed by atoms with van der Waals surface area (Å²) in [6.07, 6.45) is 7.58. The van der Waals surface area contributed by atoms with Crippen LogP contribution in [0.25, 0.3) is 11.2 Å². The minimum Gasteiger partial charge on any atom is -0.353 e. The first kappa shape index (κ1) is 34.3. The molecule has 2 atom stereocenters. The van der Waals surface area contributed by atoms with Gasteiger partial charge in [0.05, 0.1) is 19.8 Å². The standard InChI is InChI=1S/C32H44ClN5O8S/c1-35-29-28(30(39)36(32(35)40)16-6-20-45-26-8-2-4-18-43-26)37(22-23-10-12-24(33)13-11-23)31(34-29)47(41,42)38(25-14-15-25)17-7-21-46-27-9-3-5-19-44-27/h10-13,25-27H,2-9,14-22H2,1H3. The molecule has 47 heavy (non-hydrogen) atoms. The van der Waals surface area contributed by atoms with Gasteiger partial charge in [-0.1, -0.05) is 23.7 Å². The zero-order chi connectivity index (χ0) is 33.0. The molecule has 0 radical (unpaired) electrons. The topological polar surface area (TPSA) is 136 Å². The molecule has 1 saturated carbocycles. The lowest BCUT2D eigenvalue weighted by Gasteiger charge is -2.24. The van der Waals surface area contributed by atoms with Gasteiger partial charge in [-0.05, 0) is 81.9 Å². The van der Waals surface area contributed by atoms with Crippen LogP contribution in [0, 0.1) is 0 Å². The van der Waals surface area contributed by atoms with Gasteiger partial charge in [-0.25, -0.2) is 13.2 Å². The van der Waals surface area contributed by atoms with E-state index in [1.54, 1.807) is 24.3 Å². The molecule has 1 aliphatic carbocycles. The molecule has 2 saturated heterocycles. The maximum atomic E-state index is 14.4. The van der Waals surface area contributed by atoms with Crippen molar-refractivity contribution in [2.45, 2.75) is 101 Å². The molecule has 2 aromatic heterocycles. The summed E-state index contributed by atoms with van der Waals surface area (Å²) in [7, 11) is -2.68.